The Morgan fingerprint density at radius 3 is 2.94 bits per heavy atom. The minimum Gasteiger partial charge on any atom is -0.320 e. The topological polar surface area (TPSA) is 24.9 Å². The van der Waals surface area contributed by atoms with E-state index in [0.717, 1.165) is 29.6 Å². The Hall–Kier alpha value is -0.710. The molecule has 0 saturated heterocycles. The highest BCUT2D eigenvalue weighted by atomic mass is 79.9. The fraction of sp³-hybridized carbons (Fsp3) is 0.308. The van der Waals surface area contributed by atoms with Gasteiger partial charge < -0.3 is 5.32 Å². The summed E-state index contributed by atoms with van der Waals surface area (Å²) < 4.78 is 1.10. The zero-order valence-electron chi connectivity index (χ0n) is 9.74. The number of hydrogen-bond donors (Lipinski definition) is 1. The van der Waals surface area contributed by atoms with E-state index in [2.05, 4.69) is 43.7 Å². The maximum absolute atomic E-state index is 4.67. The first-order chi connectivity index (χ1) is 8.31. The number of aryl methyl sites for hydroxylation is 1. The third kappa shape index (κ3) is 3.37. The first-order valence-electron chi connectivity index (χ1n) is 5.65. The van der Waals surface area contributed by atoms with E-state index >= 15 is 0 Å². The number of aromatic nitrogens is 1. The van der Waals surface area contributed by atoms with Crippen LogP contribution in [0.4, 0.5) is 0 Å². The molecule has 1 N–H and O–H groups in total. The molecule has 0 saturated carbocycles. The molecule has 0 bridgehead atoms. The average molecular weight is 311 g/mol. The number of hydrogen-bond acceptors (Lipinski definition) is 3. The van der Waals surface area contributed by atoms with Crippen LogP contribution in [0.5, 0.6) is 0 Å². The zero-order chi connectivity index (χ0) is 12.1. The summed E-state index contributed by atoms with van der Waals surface area (Å²) in [4.78, 5) is 4.67. The Labute approximate surface area is 114 Å². The number of thiazole rings is 1. The van der Waals surface area contributed by atoms with Crippen molar-refractivity contribution >= 4 is 27.3 Å². The number of benzene rings is 1. The molecule has 90 valence electrons. The number of rotatable bonds is 5. The van der Waals surface area contributed by atoms with E-state index in [1.807, 2.05) is 19.2 Å². The van der Waals surface area contributed by atoms with Gasteiger partial charge in [0.25, 0.3) is 0 Å². The van der Waals surface area contributed by atoms with E-state index in [1.54, 1.807) is 11.3 Å². The van der Waals surface area contributed by atoms with Gasteiger partial charge in [0.15, 0.2) is 0 Å². The van der Waals surface area contributed by atoms with Crippen molar-refractivity contribution in [2.45, 2.75) is 12.8 Å². The zero-order valence-corrected chi connectivity index (χ0v) is 12.1. The van der Waals surface area contributed by atoms with Gasteiger partial charge >= 0.3 is 0 Å². The Bertz CT molecular complexity index is 482. The van der Waals surface area contributed by atoms with Crippen LogP contribution in [-0.2, 0) is 6.42 Å². The molecular formula is C13H15BrN2S. The SMILES string of the molecule is CNCCCc1nc(-c2ccccc2Br)cs1. The predicted octanol–water partition coefficient (Wildman–Crippen LogP) is 3.72. The molecule has 17 heavy (non-hydrogen) atoms. The minimum absolute atomic E-state index is 1.05. The van der Waals surface area contributed by atoms with E-state index in [9.17, 15) is 0 Å². The van der Waals surface area contributed by atoms with Crippen LogP contribution in [-0.4, -0.2) is 18.6 Å². The molecule has 1 aromatic carbocycles. The normalized spacial score (nSPS) is 10.7. The molecule has 0 unspecified atom stereocenters. The molecule has 0 amide bonds. The Balaban J connectivity index is 2.10. The van der Waals surface area contributed by atoms with Gasteiger partial charge in [-0.1, -0.05) is 34.1 Å². The van der Waals surface area contributed by atoms with Crippen LogP contribution >= 0.6 is 27.3 Å². The van der Waals surface area contributed by atoms with E-state index < -0.39 is 0 Å². The summed E-state index contributed by atoms with van der Waals surface area (Å²) in [7, 11) is 1.98. The Kier molecular flexibility index (Phi) is 4.71. The van der Waals surface area contributed by atoms with Gasteiger partial charge in [-0.2, -0.15) is 0 Å². The van der Waals surface area contributed by atoms with Gasteiger partial charge in [0.1, 0.15) is 0 Å². The molecule has 0 atom stereocenters. The molecule has 1 aromatic heterocycles. The summed E-state index contributed by atoms with van der Waals surface area (Å²) in [5.74, 6) is 0. The lowest BCUT2D eigenvalue weighted by atomic mass is 10.2. The second kappa shape index (κ2) is 6.28. The van der Waals surface area contributed by atoms with Crippen molar-refractivity contribution in [1.82, 2.24) is 10.3 Å². The van der Waals surface area contributed by atoms with Crippen molar-refractivity contribution in [3.8, 4) is 11.3 Å². The highest BCUT2D eigenvalue weighted by molar-refractivity contribution is 9.10. The first kappa shape index (κ1) is 12.7. The van der Waals surface area contributed by atoms with Crippen molar-refractivity contribution in [1.29, 1.82) is 0 Å². The van der Waals surface area contributed by atoms with Crippen LogP contribution in [0, 0.1) is 0 Å². The fourth-order valence-electron chi connectivity index (χ4n) is 1.63. The first-order valence-corrected chi connectivity index (χ1v) is 7.32. The molecular weight excluding hydrogens is 296 g/mol. The maximum Gasteiger partial charge on any atom is 0.0933 e. The van der Waals surface area contributed by atoms with Gasteiger partial charge in [-0.15, -0.1) is 11.3 Å². The van der Waals surface area contributed by atoms with Crippen LogP contribution in [0.2, 0.25) is 0 Å². The Morgan fingerprint density at radius 2 is 2.18 bits per heavy atom. The highest BCUT2D eigenvalue weighted by Crippen LogP contribution is 2.29. The van der Waals surface area contributed by atoms with Crippen LogP contribution in [0.25, 0.3) is 11.3 Å². The third-order valence-corrected chi connectivity index (χ3v) is 4.12. The van der Waals surface area contributed by atoms with Gasteiger partial charge in [0.05, 0.1) is 10.7 Å². The summed E-state index contributed by atoms with van der Waals surface area (Å²) in [6, 6.07) is 8.21. The average Bonchev–Trinajstić information content (AvgIpc) is 2.79. The van der Waals surface area contributed by atoms with E-state index in [4.69, 9.17) is 0 Å². The van der Waals surface area contributed by atoms with Gasteiger partial charge in [-0.05, 0) is 26.1 Å². The lowest BCUT2D eigenvalue weighted by molar-refractivity contribution is 0.722. The second-order valence-electron chi connectivity index (χ2n) is 3.81. The lowest BCUT2D eigenvalue weighted by Crippen LogP contribution is -2.08. The summed E-state index contributed by atoms with van der Waals surface area (Å²) >= 11 is 5.30. The summed E-state index contributed by atoms with van der Waals surface area (Å²) in [6.45, 7) is 1.05. The monoisotopic (exact) mass is 310 g/mol. The molecule has 2 aromatic rings. The van der Waals surface area contributed by atoms with E-state index in [0.29, 0.717) is 0 Å². The highest BCUT2D eigenvalue weighted by Gasteiger charge is 2.06. The second-order valence-corrected chi connectivity index (χ2v) is 5.61. The summed E-state index contributed by atoms with van der Waals surface area (Å²) in [6.07, 6.45) is 2.19. The van der Waals surface area contributed by atoms with E-state index in [1.165, 1.54) is 10.6 Å². The molecule has 0 fully saturated rings. The molecule has 0 aliphatic rings. The fourth-order valence-corrected chi connectivity index (χ4v) is 2.96. The molecule has 4 heteroatoms. The van der Waals surface area contributed by atoms with Crippen LogP contribution < -0.4 is 5.32 Å². The molecule has 2 nitrogen and oxygen atoms in total. The molecule has 0 aliphatic carbocycles. The smallest absolute Gasteiger partial charge is 0.0933 e. The van der Waals surface area contributed by atoms with Crippen LogP contribution in [0.1, 0.15) is 11.4 Å². The number of nitrogens with zero attached hydrogens (tertiary/aromatic N) is 1. The molecule has 1 heterocycles. The van der Waals surface area contributed by atoms with Crippen molar-refractivity contribution in [2.24, 2.45) is 0 Å². The molecule has 0 aliphatic heterocycles. The quantitative estimate of drug-likeness (QED) is 0.851. The van der Waals surface area contributed by atoms with Crippen LogP contribution in [0.3, 0.4) is 0 Å². The molecule has 0 spiro atoms. The van der Waals surface area contributed by atoms with Crippen molar-refractivity contribution < 1.29 is 0 Å². The molecule has 2 rings (SSSR count). The minimum atomic E-state index is 1.05. The predicted molar refractivity (Wildman–Crippen MR) is 77.5 cm³/mol. The van der Waals surface area contributed by atoms with Crippen LogP contribution in [0.15, 0.2) is 34.1 Å². The summed E-state index contributed by atoms with van der Waals surface area (Å²) in [5, 5.41) is 6.50. The van der Waals surface area contributed by atoms with Gasteiger partial charge in [-0.3, -0.25) is 0 Å². The van der Waals surface area contributed by atoms with Crippen molar-refractivity contribution in [3.63, 3.8) is 0 Å². The summed E-state index contributed by atoms with van der Waals surface area (Å²) in [5.41, 5.74) is 2.24. The largest absolute Gasteiger partial charge is 0.320 e. The standard InChI is InChI=1S/C13H15BrN2S/c1-15-8-4-7-13-16-12(9-17-13)10-5-2-3-6-11(10)14/h2-3,5-6,9,15H,4,7-8H2,1H3. The van der Waals surface area contributed by atoms with Crippen molar-refractivity contribution in [3.05, 3.63) is 39.1 Å². The van der Waals surface area contributed by atoms with Gasteiger partial charge in [0.2, 0.25) is 0 Å². The van der Waals surface area contributed by atoms with E-state index in [-0.39, 0.29) is 0 Å². The Morgan fingerprint density at radius 1 is 1.35 bits per heavy atom. The van der Waals surface area contributed by atoms with Gasteiger partial charge in [-0.25, -0.2) is 4.98 Å². The maximum atomic E-state index is 4.67. The number of nitrogens with one attached hydrogen (secondary N) is 1. The van der Waals surface area contributed by atoms with Gasteiger partial charge in [0, 0.05) is 21.8 Å². The third-order valence-electron chi connectivity index (χ3n) is 2.52. The van der Waals surface area contributed by atoms with Crippen molar-refractivity contribution in [2.75, 3.05) is 13.6 Å². The molecule has 0 radical (unpaired) electrons. The lowest BCUT2D eigenvalue weighted by Gasteiger charge is -1.99. The number of halogens is 1.